The van der Waals surface area contributed by atoms with E-state index in [9.17, 15) is 4.79 Å². The lowest BCUT2D eigenvalue weighted by molar-refractivity contribution is -0.127. The van der Waals surface area contributed by atoms with Crippen molar-refractivity contribution >= 4 is 5.91 Å². The third-order valence-corrected chi connectivity index (χ3v) is 3.63. The molecular weight excluding hydrogens is 214 g/mol. The number of carbonyl (C=O) groups excluding carboxylic acids is 1. The van der Waals surface area contributed by atoms with Crippen LogP contribution < -0.4 is 10.6 Å². The maximum atomic E-state index is 11.9. The number of hydrogen-bond acceptors (Lipinski definition) is 3. The van der Waals surface area contributed by atoms with Crippen LogP contribution in [0.15, 0.2) is 0 Å². The minimum Gasteiger partial charge on any atom is -0.355 e. The Balaban J connectivity index is 2.19. The summed E-state index contributed by atoms with van der Waals surface area (Å²) in [6.45, 7) is 14.3. The van der Waals surface area contributed by atoms with E-state index in [2.05, 4.69) is 36.3 Å². The second-order valence-electron chi connectivity index (χ2n) is 5.97. The molecule has 4 heteroatoms. The average Bonchev–Trinajstić information content (AvgIpc) is 2.28. The normalized spacial score (nSPS) is 20.0. The Bertz CT molecular complexity index is 242. The van der Waals surface area contributed by atoms with Crippen LogP contribution >= 0.6 is 0 Å². The lowest BCUT2D eigenvalue weighted by atomic mass is 9.81. The van der Waals surface area contributed by atoms with Crippen molar-refractivity contribution in [3.05, 3.63) is 0 Å². The molecule has 0 aromatic carbocycles. The third-order valence-electron chi connectivity index (χ3n) is 3.63. The number of carbonyl (C=O) groups is 1. The van der Waals surface area contributed by atoms with E-state index >= 15 is 0 Å². The predicted molar refractivity (Wildman–Crippen MR) is 70.9 cm³/mol. The second-order valence-corrected chi connectivity index (χ2v) is 5.97. The summed E-state index contributed by atoms with van der Waals surface area (Å²) in [4.78, 5) is 14.3. The summed E-state index contributed by atoms with van der Waals surface area (Å²) in [6, 6.07) is 0. The highest BCUT2D eigenvalue weighted by molar-refractivity contribution is 5.78. The van der Waals surface area contributed by atoms with Gasteiger partial charge in [0.05, 0.1) is 0 Å². The van der Waals surface area contributed by atoms with Crippen molar-refractivity contribution < 1.29 is 4.79 Å². The third kappa shape index (κ3) is 5.04. The lowest BCUT2D eigenvalue weighted by Crippen LogP contribution is -2.47. The van der Waals surface area contributed by atoms with Crippen molar-refractivity contribution in [2.75, 3.05) is 39.3 Å². The fraction of sp³-hybridized carbons (Fsp3) is 0.923. The smallest absolute Gasteiger partial charge is 0.223 e. The van der Waals surface area contributed by atoms with Gasteiger partial charge in [-0.1, -0.05) is 27.7 Å². The molecular formula is C13H27N3O. The first kappa shape index (κ1) is 14.5. The highest BCUT2D eigenvalue weighted by atomic mass is 16.1. The maximum absolute atomic E-state index is 11.9. The van der Waals surface area contributed by atoms with E-state index in [1.807, 2.05) is 6.92 Å². The van der Waals surface area contributed by atoms with Crippen LogP contribution in [0.1, 0.15) is 27.7 Å². The molecule has 1 atom stereocenters. The van der Waals surface area contributed by atoms with Crippen molar-refractivity contribution in [3.63, 3.8) is 0 Å². The zero-order valence-electron chi connectivity index (χ0n) is 11.7. The largest absolute Gasteiger partial charge is 0.355 e. The molecule has 1 aliphatic heterocycles. The van der Waals surface area contributed by atoms with Gasteiger partial charge in [0, 0.05) is 45.2 Å². The molecule has 0 saturated carbocycles. The summed E-state index contributed by atoms with van der Waals surface area (Å²) in [5.41, 5.74) is 0.0408. The molecule has 1 heterocycles. The van der Waals surface area contributed by atoms with Gasteiger partial charge in [-0.25, -0.2) is 0 Å². The van der Waals surface area contributed by atoms with Gasteiger partial charge in [-0.05, 0) is 5.41 Å². The molecule has 1 aliphatic rings. The summed E-state index contributed by atoms with van der Waals surface area (Å²) in [7, 11) is 0. The topological polar surface area (TPSA) is 44.4 Å². The molecule has 0 aliphatic carbocycles. The van der Waals surface area contributed by atoms with Gasteiger partial charge in [-0.3, -0.25) is 9.69 Å². The molecule has 100 valence electrons. The van der Waals surface area contributed by atoms with E-state index in [-0.39, 0.29) is 17.2 Å². The van der Waals surface area contributed by atoms with Crippen molar-refractivity contribution in [2.24, 2.45) is 11.3 Å². The van der Waals surface area contributed by atoms with Gasteiger partial charge in [-0.2, -0.15) is 0 Å². The fourth-order valence-corrected chi connectivity index (χ4v) is 1.82. The number of amides is 1. The van der Waals surface area contributed by atoms with E-state index in [0.717, 1.165) is 39.3 Å². The monoisotopic (exact) mass is 241 g/mol. The molecule has 0 bridgehead atoms. The van der Waals surface area contributed by atoms with E-state index in [0.29, 0.717) is 0 Å². The van der Waals surface area contributed by atoms with E-state index in [4.69, 9.17) is 0 Å². The van der Waals surface area contributed by atoms with Crippen LogP contribution in [0.2, 0.25) is 0 Å². The lowest BCUT2D eigenvalue weighted by Gasteiger charge is -2.29. The van der Waals surface area contributed by atoms with Crippen molar-refractivity contribution in [1.29, 1.82) is 0 Å². The number of rotatable bonds is 4. The van der Waals surface area contributed by atoms with E-state index in [1.165, 1.54) is 0 Å². The Hall–Kier alpha value is -0.610. The first-order valence-corrected chi connectivity index (χ1v) is 6.62. The van der Waals surface area contributed by atoms with Crippen LogP contribution in [-0.4, -0.2) is 50.1 Å². The van der Waals surface area contributed by atoms with E-state index in [1.54, 1.807) is 0 Å². The minimum absolute atomic E-state index is 0.0408. The summed E-state index contributed by atoms with van der Waals surface area (Å²) in [5, 5.41) is 6.36. The molecule has 17 heavy (non-hydrogen) atoms. The summed E-state index contributed by atoms with van der Waals surface area (Å²) < 4.78 is 0. The zero-order chi connectivity index (χ0) is 12.9. The standard InChI is InChI=1S/C13H27N3O/c1-11(13(2,3)4)12(17)15-7-10-16-8-5-14-6-9-16/h11,14H,5-10H2,1-4H3,(H,15,17). The summed E-state index contributed by atoms with van der Waals surface area (Å²) in [6.07, 6.45) is 0. The first-order valence-electron chi connectivity index (χ1n) is 6.62. The van der Waals surface area contributed by atoms with Gasteiger partial charge in [0.15, 0.2) is 0 Å². The summed E-state index contributed by atoms with van der Waals surface area (Å²) >= 11 is 0. The maximum Gasteiger partial charge on any atom is 0.223 e. The van der Waals surface area contributed by atoms with E-state index < -0.39 is 0 Å². The molecule has 0 spiro atoms. The molecule has 1 rings (SSSR count). The van der Waals surface area contributed by atoms with Crippen molar-refractivity contribution in [3.8, 4) is 0 Å². The Morgan fingerprint density at radius 3 is 2.47 bits per heavy atom. The number of hydrogen-bond donors (Lipinski definition) is 2. The molecule has 4 nitrogen and oxygen atoms in total. The molecule has 0 aromatic heterocycles. The molecule has 1 unspecified atom stereocenters. The van der Waals surface area contributed by atoms with Gasteiger partial charge in [0.2, 0.25) is 5.91 Å². The van der Waals surface area contributed by atoms with Crippen molar-refractivity contribution in [2.45, 2.75) is 27.7 Å². The van der Waals surface area contributed by atoms with Gasteiger partial charge in [-0.15, -0.1) is 0 Å². The molecule has 2 N–H and O–H groups in total. The quantitative estimate of drug-likeness (QED) is 0.761. The highest BCUT2D eigenvalue weighted by Gasteiger charge is 2.26. The number of piperazine rings is 1. The van der Waals surface area contributed by atoms with Gasteiger partial charge in [0.25, 0.3) is 0 Å². The fourth-order valence-electron chi connectivity index (χ4n) is 1.82. The van der Waals surface area contributed by atoms with Gasteiger partial charge in [0.1, 0.15) is 0 Å². The number of nitrogens with zero attached hydrogens (tertiary/aromatic N) is 1. The van der Waals surface area contributed by atoms with Crippen LogP contribution in [0.4, 0.5) is 0 Å². The van der Waals surface area contributed by atoms with Crippen molar-refractivity contribution in [1.82, 2.24) is 15.5 Å². The Morgan fingerprint density at radius 2 is 1.94 bits per heavy atom. The summed E-state index contributed by atoms with van der Waals surface area (Å²) in [5.74, 6) is 0.234. The van der Waals surface area contributed by atoms with Crippen LogP contribution in [0, 0.1) is 11.3 Å². The van der Waals surface area contributed by atoms with Gasteiger partial charge >= 0.3 is 0 Å². The van der Waals surface area contributed by atoms with Crippen LogP contribution in [0.3, 0.4) is 0 Å². The number of nitrogens with one attached hydrogen (secondary N) is 2. The molecule has 0 aromatic rings. The van der Waals surface area contributed by atoms with Crippen LogP contribution in [0.25, 0.3) is 0 Å². The molecule has 0 radical (unpaired) electrons. The minimum atomic E-state index is 0.0408. The molecule has 1 amide bonds. The van der Waals surface area contributed by atoms with Gasteiger partial charge < -0.3 is 10.6 Å². The SMILES string of the molecule is CC(C(=O)NCCN1CCNCC1)C(C)(C)C. The first-order chi connectivity index (χ1) is 7.91. The van der Waals surface area contributed by atoms with Crippen LogP contribution in [-0.2, 0) is 4.79 Å². The zero-order valence-corrected chi connectivity index (χ0v) is 11.7. The molecule has 1 saturated heterocycles. The molecule has 1 fully saturated rings. The predicted octanol–water partition coefficient (Wildman–Crippen LogP) is 0.690. The van der Waals surface area contributed by atoms with Crippen LogP contribution in [0.5, 0.6) is 0 Å². The average molecular weight is 241 g/mol. The second kappa shape index (κ2) is 6.36. The highest BCUT2D eigenvalue weighted by Crippen LogP contribution is 2.25. The Morgan fingerprint density at radius 1 is 1.35 bits per heavy atom. The Kier molecular flexibility index (Phi) is 5.40. The Labute approximate surface area is 105 Å².